The molecule has 5 aromatic rings. The van der Waals surface area contributed by atoms with Gasteiger partial charge >= 0.3 is 0 Å². The van der Waals surface area contributed by atoms with Crippen LogP contribution in [-0.4, -0.2) is 15.5 Å². The predicted molar refractivity (Wildman–Crippen MR) is 139 cm³/mol. The maximum atomic E-state index is 12.9. The predicted octanol–water partition coefficient (Wildman–Crippen LogP) is 5.24. The number of carbonyl (C=O) groups excluding carboxylic acids is 1. The Kier molecular flexibility index (Phi) is 6.14. The van der Waals surface area contributed by atoms with Crippen molar-refractivity contribution >= 4 is 11.6 Å². The highest BCUT2D eigenvalue weighted by molar-refractivity contribution is 5.98. The number of nitrogen functional groups attached to an aromatic ring is 1. The van der Waals surface area contributed by atoms with Crippen LogP contribution in [0.1, 0.15) is 32.9 Å². The summed E-state index contributed by atoms with van der Waals surface area (Å²) in [6.07, 6.45) is 3.76. The first-order chi connectivity index (χ1) is 17.2. The van der Waals surface area contributed by atoms with E-state index in [9.17, 15) is 4.79 Å². The lowest BCUT2D eigenvalue weighted by molar-refractivity contribution is 0.0950. The number of amides is 1. The number of nitrogens with one attached hydrogen (secondary N) is 1. The molecule has 0 aliphatic rings. The average Bonchev–Trinajstić information content (AvgIpc) is 3.39. The minimum absolute atomic E-state index is 0.234. The quantitative estimate of drug-likeness (QED) is 0.259. The van der Waals surface area contributed by atoms with E-state index in [0.29, 0.717) is 11.3 Å². The highest BCUT2D eigenvalue weighted by Crippen LogP contribution is 2.41. The van der Waals surface area contributed by atoms with Gasteiger partial charge in [-0.2, -0.15) is 0 Å². The number of anilines is 1. The molecule has 1 amide bonds. The number of benzene rings is 4. The van der Waals surface area contributed by atoms with Crippen LogP contribution < -0.4 is 11.1 Å². The van der Waals surface area contributed by atoms with Crippen molar-refractivity contribution in [3.8, 4) is 0 Å². The number of hydrogen-bond donors (Lipinski definition) is 2. The molecule has 0 unspecified atom stereocenters. The van der Waals surface area contributed by atoms with Crippen LogP contribution >= 0.6 is 0 Å². The van der Waals surface area contributed by atoms with Gasteiger partial charge in [-0.25, -0.2) is 4.98 Å². The summed E-state index contributed by atoms with van der Waals surface area (Å²) in [5.41, 5.74) is 9.50. The van der Waals surface area contributed by atoms with E-state index in [1.54, 1.807) is 24.4 Å². The summed E-state index contributed by atoms with van der Waals surface area (Å²) in [6, 6.07) is 38.2. The van der Waals surface area contributed by atoms with Gasteiger partial charge in [0.05, 0.1) is 12.1 Å². The van der Waals surface area contributed by atoms with E-state index in [1.165, 1.54) is 0 Å². The third-order valence-electron chi connectivity index (χ3n) is 6.27. The number of aromatic nitrogens is 2. The van der Waals surface area contributed by atoms with Crippen LogP contribution in [0.2, 0.25) is 0 Å². The molecule has 1 aromatic heterocycles. The molecule has 5 heteroatoms. The Bertz CT molecular complexity index is 1320. The van der Waals surface area contributed by atoms with Crippen LogP contribution in [0.15, 0.2) is 128 Å². The van der Waals surface area contributed by atoms with E-state index < -0.39 is 5.54 Å². The van der Waals surface area contributed by atoms with Crippen LogP contribution in [0.3, 0.4) is 0 Å². The number of imidazole rings is 1. The van der Waals surface area contributed by atoms with Gasteiger partial charge in [-0.3, -0.25) is 4.79 Å². The summed E-state index contributed by atoms with van der Waals surface area (Å²) in [6.45, 7) is 0.244. The van der Waals surface area contributed by atoms with Crippen molar-refractivity contribution in [2.24, 2.45) is 0 Å². The maximum absolute atomic E-state index is 12.9. The van der Waals surface area contributed by atoms with Gasteiger partial charge in [0.25, 0.3) is 5.91 Å². The fourth-order valence-electron chi connectivity index (χ4n) is 4.68. The molecule has 172 valence electrons. The van der Waals surface area contributed by atoms with Gasteiger partial charge in [-0.05, 0) is 28.8 Å². The maximum Gasteiger partial charge on any atom is 0.253 e. The molecule has 5 nitrogen and oxygen atoms in total. The summed E-state index contributed by atoms with van der Waals surface area (Å²) < 4.78 is 2.15. The zero-order valence-corrected chi connectivity index (χ0v) is 19.2. The highest BCUT2D eigenvalue weighted by atomic mass is 16.1. The van der Waals surface area contributed by atoms with Crippen molar-refractivity contribution in [2.45, 2.75) is 12.1 Å². The zero-order valence-electron chi connectivity index (χ0n) is 19.2. The largest absolute Gasteiger partial charge is 0.398 e. The highest BCUT2D eigenvalue weighted by Gasteiger charge is 2.39. The summed E-state index contributed by atoms with van der Waals surface area (Å²) in [7, 11) is 0. The van der Waals surface area contributed by atoms with Crippen molar-refractivity contribution in [2.75, 3.05) is 5.73 Å². The van der Waals surface area contributed by atoms with Gasteiger partial charge in [-0.1, -0.05) is 103 Å². The van der Waals surface area contributed by atoms with Crippen molar-refractivity contribution in [3.63, 3.8) is 0 Å². The van der Waals surface area contributed by atoms with E-state index in [0.717, 1.165) is 22.5 Å². The Balaban J connectivity index is 1.65. The van der Waals surface area contributed by atoms with Crippen molar-refractivity contribution < 1.29 is 4.79 Å². The van der Waals surface area contributed by atoms with Crippen LogP contribution in [0.4, 0.5) is 5.69 Å². The smallest absolute Gasteiger partial charge is 0.253 e. The van der Waals surface area contributed by atoms with Crippen molar-refractivity contribution in [1.82, 2.24) is 14.9 Å². The van der Waals surface area contributed by atoms with Crippen LogP contribution in [0.25, 0.3) is 0 Å². The van der Waals surface area contributed by atoms with Gasteiger partial charge in [0.1, 0.15) is 11.4 Å². The van der Waals surface area contributed by atoms with E-state index in [-0.39, 0.29) is 12.5 Å². The first kappa shape index (κ1) is 22.2. The van der Waals surface area contributed by atoms with Crippen molar-refractivity contribution in [1.29, 1.82) is 0 Å². The molecular formula is C30H26N4O. The Morgan fingerprint density at radius 3 is 1.74 bits per heavy atom. The molecule has 0 radical (unpaired) electrons. The van der Waals surface area contributed by atoms with Gasteiger partial charge in [0, 0.05) is 18.1 Å². The standard InChI is InChI=1S/C30H26N4O/c31-27-19-11-10-18-26(27)29(35)33-22-28-32-20-21-34(28)30(23-12-4-1-5-13-23,24-14-6-2-7-15-24)25-16-8-3-9-17-25/h1-21H,22,31H2,(H,33,35). The topological polar surface area (TPSA) is 72.9 Å². The minimum atomic E-state index is -0.688. The molecule has 35 heavy (non-hydrogen) atoms. The van der Waals surface area contributed by atoms with Gasteiger partial charge in [-0.15, -0.1) is 0 Å². The summed E-state index contributed by atoms with van der Waals surface area (Å²) in [5.74, 6) is 0.492. The average molecular weight is 459 g/mol. The van der Waals surface area contributed by atoms with Crippen molar-refractivity contribution in [3.05, 3.63) is 156 Å². The summed E-state index contributed by atoms with van der Waals surface area (Å²) in [5, 5.41) is 3.01. The summed E-state index contributed by atoms with van der Waals surface area (Å²) in [4.78, 5) is 17.6. The second-order valence-electron chi connectivity index (χ2n) is 8.29. The first-order valence-electron chi connectivity index (χ1n) is 11.5. The number of rotatable bonds is 7. The molecule has 4 aromatic carbocycles. The lowest BCUT2D eigenvalue weighted by atomic mass is 9.76. The number of para-hydroxylation sites is 1. The Morgan fingerprint density at radius 2 is 1.23 bits per heavy atom. The zero-order chi connectivity index (χ0) is 24.1. The minimum Gasteiger partial charge on any atom is -0.398 e. The fraction of sp³-hybridized carbons (Fsp3) is 0.0667. The molecule has 0 saturated carbocycles. The molecule has 5 rings (SSSR count). The molecule has 0 spiro atoms. The molecule has 0 fully saturated rings. The van der Waals surface area contributed by atoms with Crippen LogP contribution in [-0.2, 0) is 12.1 Å². The molecule has 3 N–H and O–H groups in total. The third kappa shape index (κ3) is 4.08. The Morgan fingerprint density at radius 1 is 0.743 bits per heavy atom. The molecule has 0 aliphatic heterocycles. The fourth-order valence-corrected chi connectivity index (χ4v) is 4.68. The molecule has 0 saturated heterocycles. The molecule has 0 bridgehead atoms. The molecule has 0 aliphatic carbocycles. The summed E-state index contributed by atoms with van der Waals surface area (Å²) >= 11 is 0. The van der Waals surface area contributed by atoms with Gasteiger partial charge < -0.3 is 15.6 Å². The SMILES string of the molecule is Nc1ccccc1C(=O)NCc1nccn1C(c1ccccc1)(c1ccccc1)c1ccccc1. The van der Waals surface area contributed by atoms with Crippen LogP contribution in [0, 0.1) is 0 Å². The van der Waals surface area contributed by atoms with E-state index >= 15 is 0 Å². The molecular weight excluding hydrogens is 432 g/mol. The second-order valence-corrected chi connectivity index (χ2v) is 8.29. The third-order valence-corrected chi connectivity index (χ3v) is 6.27. The first-order valence-corrected chi connectivity index (χ1v) is 11.5. The number of carbonyl (C=O) groups is 1. The van der Waals surface area contributed by atoms with Gasteiger partial charge in [0.2, 0.25) is 0 Å². The molecule has 0 atom stereocenters. The lowest BCUT2D eigenvalue weighted by Gasteiger charge is -2.38. The van der Waals surface area contributed by atoms with E-state index in [2.05, 4.69) is 51.3 Å². The second kappa shape index (κ2) is 9.69. The van der Waals surface area contributed by atoms with Gasteiger partial charge in [0.15, 0.2) is 0 Å². The Hall–Kier alpha value is -4.64. The lowest BCUT2D eigenvalue weighted by Crippen LogP contribution is -2.39. The number of nitrogens with two attached hydrogens (primary N) is 1. The van der Waals surface area contributed by atoms with E-state index in [1.807, 2.05) is 66.9 Å². The van der Waals surface area contributed by atoms with E-state index in [4.69, 9.17) is 5.73 Å². The number of hydrogen-bond acceptors (Lipinski definition) is 3. The Labute approximate surface area is 204 Å². The number of nitrogens with zero attached hydrogens (tertiary/aromatic N) is 2. The molecule has 1 heterocycles. The normalized spacial score (nSPS) is 11.2. The van der Waals surface area contributed by atoms with Crippen LogP contribution in [0.5, 0.6) is 0 Å². The monoisotopic (exact) mass is 458 g/mol.